The first-order valence-electron chi connectivity index (χ1n) is 15.7. The molecule has 6 rings (SSSR count). The van der Waals surface area contributed by atoms with E-state index < -0.39 is 0 Å². The van der Waals surface area contributed by atoms with Gasteiger partial charge in [0.05, 0.1) is 5.69 Å². The van der Waals surface area contributed by atoms with Crippen LogP contribution in [0.2, 0.25) is 0 Å². The summed E-state index contributed by atoms with van der Waals surface area (Å²) >= 11 is 0. The first-order chi connectivity index (χ1) is 22.5. The number of benzene rings is 3. The maximum atomic E-state index is 13.2. The fraction of sp³-hybridized carbons (Fsp3) is 0.270. The molecule has 0 aliphatic carbocycles. The van der Waals surface area contributed by atoms with Crippen LogP contribution < -0.4 is 10.6 Å². The molecule has 0 unspecified atom stereocenters. The van der Waals surface area contributed by atoms with Gasteiger partial charge in [0, 0.05) is 79.8 Å². The Labute approximate surface area is 274 Å². The summed E-state index contributed by atoms with van der Waals surface area (Å²) < 4.78 is 1.90. The number of carbonyl (C=O) groups is 3. The lowest BCUT2D eigenvalue weighted by atomic mass is 9.86. The molecule has 3 heterocycles. The number of fused-ring (bicyclic) bond motifs is 1. The summed E-state index contributed by atoms with van der Waals surface area (Å²) in [6, 6.07) is 20.9. The van der Waals surface area contributed by atoms with Gasteiger partial charge >= 0.3 is 0 Å². The Kier molecular flexibility index (Phi) is 8.51. The topological polar surface area (TPSA) is 112 Å². The van der Waals surface area contributed by atoms with Gasteiger partial charge in [-0.25, -0.2) is 9.97 Å². The lowest BCUT2D eigenvalue weighted by molar-refractivity contribution is -0.130. The molecule has 1 aliphatic heterocycles. The summed E-state index contributed by atoms with van der Waals surface area (Å²) in [6.45, 7) is 12.1. The minimum absolute atomic E-state index is 0.00809. The summed E-state index contributed by atoms with van der Waals surface area (Å²) in [5.74, 6) is 0.354. The van der Waals surface area contributed by atoms with Crippen molar-refractivity contribution in [1.29, 1.82) is 0 Å². The lowest BCUT2D eigenvalue weighted by Crippen LogP contribution is -2.50. The van der Waals surface area contributed by atoms with E-state index in [-0.39, 0.29) is 23.1 Å². The van der Waals surface area contributed by atoms with Crippen molar-refractivity contribution in [3.63, 3.8) is 0 Å². The molecule has 5 aromatic rings. The second-order valence-corrected chi connectivity index (χ2v) is 12.9. The average molecular weight is 630 g/mol. The first-order valence-corrected chi connectivity index (χ1v) is 15.7. The van der Waals surface area contributed by atoms with E-state index >= 15 is 0 Å². The second kappa shape index (κ2) is 12.7. The molecule has 0 saturated carbocycles. The molecule has 10 heteroatoms. The Morgan fingerprint density at radius 2 is 1.49 bits per heavy atom. The third-order valence-corrected chi connectivity index (χ3v) is 8.58. The molecular formula is C37H39N7O3. The van der Waals surface area contributed by atoms with Crippen LogP contribution in [0.4, 0.5) is 17.2 Å². The molecule has 3 aromatic carbocycles. The second-order valence-electron chi connectivity index (χ2n) is 12.9. The highest BCUT2D eigenvalue weighted by Crippen LogP contribution is 2.29. The number of nitrogens with zero attached hydrogens (tertiary/aromatic N) is 5. The number of aryl methyl sites for hydroxylation is 1. The van der Waals surface area contributed by atoms with Gasteiger partial charge < -0.3 is 24.8 Å². The zero-order valence-electron chi connectivity index (χ0n) is 27.4. The zero-order valence-corrected chi connectivity index (χ0v) is 27.4. The van der Waals surface area contributed by atoms with E-state index in [0.29, 0.717) is 60.2 Å². The van der Waals surface area contributed by atoms with Crippen LogP contribution >= 0.6 is 0 Å². The predicted octanol–water partition coefficient (Wildman–Crippen LogP) is 6.30. The van der Waals surface area contributed by atoms with Gasteiger partial charge in [-0.1, -0.05) is 45.0 Å². The molecule has 0 spiro atoms. The summed E-state index contributed by atoms with van der Waals surface area (Å²) in [5.41, 5.74) is 6.93. The molecule has 2 N–H and O–H groups in total. The van der Waals surface area contributed by atoms with E-state index in [1.807, 2.05) is 78.3 Å². The van der Waals surface area contributed by atoms with E-state index in [9.17, 15) is 14.4 Å². The fourth-order valence-corrected chi connectivity index (χ4v) is 5.63. The number of hydrogen-bond acceptors (Lipinski definition) is 6. The molecule has 47 heavy (non-hydrogen) atoms. The van der Waals surface area contributed by atoms with Gasteiger partial charge in [0.25, 0.3) is 11.8 Å². The molecule has 0 atom stereocenters. The predicted molar refractivity (Wildman–Crippen MR) is 184 cm³/mol. The monoisotopic (exact) mass is 629 g/mol. The summed E-state index contributed by atoms with van der Waals surface area (Å²) in [6.07, 6.45) is 5.48. The third kappa shape index (κ3) is 6.86. The first kappa shape index (κ1) is 31.5. The Morgan fingerprint density at radius 3 is 2.15 bits per heavy atom. The van der Waals surface area contributed by atoms with Gasteiger partial charge in [0.2, 0.25) is 5.91 Å². The summed E-state index contributed by atoms with van der Waals surface area (Å²) in [5, 5.41) is 6.45. The standard InChI is InChI=1S/C37H39N7O3/c1-24-6-7-28(22-31(24)41-35(46)26-8-12-29(13-9-26)37(3,4)5)32-23-44-17-16-38-34(44)33(40-32)39-30-14-10-27(11-15-30)36(47)43-20-18-42(19-21-43)25(2)45/h6-17,22-23H,18-21H2,1-5H3,(H,39,40)(H,41,46). The van der Waals surface area contributed by atoms with Crippen LogP contribution in [0.3, 0.4) is 0 Å². The van der Waals surface area contributed by atoms with E-state index in [2.05, 4.69) is 36.4 Å². The molecule has 2 aromatic heterocycles. The highest BCUT2D eigenvalue weighted by Gasteiger charge is 2.23. The maximum Gasteiger partial charge on any atom is 0.255 e. The van der Waals surface area contributed by atoms with Crippen LogP contribution in [-0.4, -0.2) is 68.1 Å². The summed E-state index contributed by atoms with van der Waals surface area (Å²) in [7, 11) is 0. The van der Waals surface area contributed by atoms with Gasteiger partial charge in [-0.15, -0.1) is 0 Å². The van der Waals surface area contributed by atoms with E-state index in [1.54, 1.807) is 35.1 Å². The minimum atomic E-state index is -0.175. The Bertz CT molecular complexity index is 1950. The van der Waals surface area contributed by atoms with Crippen LogP contribution in [0.25, 0.3) is 16.9 Å². The molecule has 3 amide bonds. The van der Waals surface area contributed by atoms with Crippen molar-refractivity contribution >= 4 is 40.6 Å². The average Bonchev–Trinajstić information content (AvgIpc) is 3.55. The number of amides is 3. The van der Waals surface area contributed by atoms with E-state index in [1.165, 1.54) is 5.56 Å². The molecule has 240 valence electrons. The lowest BCUT2D eigenvalue weighted by Gasteiger charge is -2.34. The van der Waals surface area contributed by atoms with Gasteiger partial charge in [-0.3, -0.25) is 14.4 Å². The highest BCUT2D eigenvalue weighted by atomic mass is 16.2. The van der Waals surface area contributed by atoms with Crippen molar-refractivity contribution in [2.24, 2.45) is 0 Å². The minimum Gasteiger partial charge on any atom is -0.339 e. The van der Waals surface area contributed by atoms with Crippen LogP contribution in [0, 0.1) is 6.92 Å². The quantitative estimate of drug-likeness (QED) is 0.228. The van der Waals surface area contributed by atoms with Gasteiger partial charge in [-0.05, 0) is 65.9 Å². The van der Waals surface area contributed by atoms with Gasteiger partial charge in [0.15, 0.2) is 11.5 Å². The fourth-order valence-electron chi connectivity index (χ4n) is 5.63. The Balaban J connectivity index is 1.20. The number of aromatic nitrogens is 3. The zero-order chi connectivity index (χ0) is 33.3. The van der Waals surface area contributed by atoms with Crippen LogP contribution in [0.15, 0.2) is 85.3 Å². The van der Waals surface area contributed by atoms with Gasteiger partial charge in [-0.2, -0.15) is 0 Å². The van der Waals surface area contributed by atoms with Crippen LogP contribution in [0.1, 0.15) is 59.5 Å². The molecule has 1 fully saturated rings. The number of hydrogen-bond donors (Lipinski definition) is 2. The third-order valence-electron chi connectivity index (χ3n) is 8.58. The van der Waals surface area contributed by atoms with Crippen LogP contribution in [0.5, 0.6) is 0 Å². The smallest absolute Gasteiger partial charge is 0.255 e. The molecular weight excluding hydrogens is 590 g/mol. The van der Waals surface area contributed by atoms with Crippen molar-refractivity contribution < 1.29 is 14.4 Å². The largest absolute Gasteiger partial charge is 0.339 e. The molecule has 1 saturated heterocycles. The number of piperazine rings is 1. The molecule has 1 aliphatic rings. The van der Waals surface area contributed by atoms with Crippen LogP contribution in [-0.2, 0) is 10.2 Å². The number of rotatable bonds is 6. The van der Waals surface area contributed by atoms with Crippen molar-refractivity contribution in [2.75, 3.05) is 36.8 Å². The van der Waals surface area contributed by atoms with E-state index in [0.717, 1.165) is 16.8 Å². The number of carbonyl (C=O) groups excluding carboxylic acids is 3. The SMILES string of the molecule is CC(=O)N1CCN(C(=O)c2ccc(Nc3nc(-c4ccc(C)c(NC(=O)c5ccc(C(C)(C)C)cc5)c4)cn4ccnc34)cc2)CC1. The van der Waals surface area contributed by atoms with E-state index in [4.69, 9.17) is 4.98 Å². The maximum absolute atomic E-state index is 13.2. The Hall–Kier alpha value is -5.51. The summed E-state index contributed by atoms with van der Waals surface area (Å²) in [4.78, 5) is 50.8. The number of nitrogens with one attached hydrogen (secondary N) is 2. The molecule has 10 nitrogen and oxygen atoms in total. The van der Waals surface area contributed by atoms with Gasteiger partial charge in [0.1, 0.15) is 0 Å². The number of anilines is 3. The van der Waals surface area contributed by atoms with Crippen molar-refractivity contribution in [2.45, 2.75) is 40.0 Å². The number of imidazole rings is 1. The van der Waals surface area contributed by atoms with Crippen molar-refractivity contribution in [1.82, 2.24) is 24.2 Å². The van der Waals surface area contributed by atoms with Crippen molar-refractivity contribution in [3.05, 3.63) is 108 Å². The molecule has 0 radical (unpaired) electrons. The molecule has 0 bridgehead atoms. The van der Waals surface area contributed by atoms with Crippen molar-refractivity contribution in [3.8, 4) is 11.3 Å². The Morgan fingerprint density at radius 1 is 0.830 bits per heavy atom. The highest BCUT2D eigenvalue weighted by molar-refractivity contribution is 6.05. The normalized spacial score (nSPS) is 13.5.